The minimum absolute atomic E-state index is 0. The molecule has 0 aliphatic carbocycles. The number of rotatable bonds is 9. The van der Waals surface area contributed by atoms with Crippen molar-refractivity contribution in [2.24, 2.45) is 0 Å². The number of benzene rings is 2. The molecule has 1 fully saturated rings. The molecular formula is C23H32Cl2N2O6. The Morgan fingerprint density at radius 3 is 1.76 bits per heavy atom. The van der Waals surface area contributed by atoms with Crippen LogP contribution in [0.2, 0.25) is 0 Å². The Morgan fingerprint density at radius 1 is 0.758 bits per heavy atom. The summed E-state index contributed by atoms with van der Waals surface area (Å²) in [5, 5.41) is 0. The fourth-order valence-electron chi connectivity index (χ4n) is 3.58. The largest absolute Gasteiger partial charge is 0.497 e. The maximum Gasteiger partial charge on any atom is 0.325 e. The van der Waals surface area contributed by atoms with Gasteiger partial charge in [-0.3, -0.25) is 14.6 Å². The standard InChI is InChI=1S/C23H30N2O6.2ClH/c1-27-18-5-7-19(8-6-18)31-22(26)16-25-11-9-24(10-12-25)15-17-13-20(28-2)23(30-4)21(14-17)29-3;;/h5-8,13-14H,9-12,15-16H2,1-4H3;2*1H. The summed E-state index contributed by atoms with van der Waals surface area (Å²) in [6.07, 6.45) is 0. The van der Waals surface area contributed by atoms with Crippen molar-refractivity contribution >= 4 is 30.8 Å². The van der Waals surface area contributed by atoms with E-state index < -0.39 is 0 Å². The molecule has 2 aromatic carbocycles. The molecule has 0 N–H and O–H groups in total. The highest BCUT2D eigenvalue weighted by molar-refractivity contribution is 5.85. The third kappa shape index (κ3) is 7.85. The van der Waals surface area contributed by atoms with Crippen LogP contribution in [0.3, 0.4) is 0 Å². The number of carbonyl (C=O) groups excluding carboxylic acids is 1. The third-order valence-electron chi connectivity index (χ3n) is 5.24. The Balaban J connectivity index is 0.00000272. The van der Waals surface area contributed by atoms with E-state index in [0.717, 1.165) is 44.0 Å². The predicted molar refractivity (Wildman–Crippen MR) is 131 cm³/mol. The van der Waals surface area contributed by atoms with E-state index in [1.54, 1.807) is 52.7 Å². The molecule has 1 aliphatic rings. The first-order chi connectivity index (χ1) is 15.1. The first-order valence-corrected chi connectivity index (χ1v) is 10.1. The van der Waals surface area contributed by atoms with Crippen LogP contribution in [-0.2, 0) is 11.3 Å². The van der Waals surface area contributed by atoms with Crippen molar-refractivity contribution in [2.75, 3.05) is 61.2 Å². The molecule has 1 saturated heterocycles. The maximum atomic E-state index is 12.3. The van der Waals surface area contributed by atoms with E-state index in [0.29, 0.717) is 23.0 Å². The first kappa shape index (κ1) is 28.6. The van der Waals surface area contributed by atoms with Gasteiger partial charge in [-0.2, -0.15) is 0 Å². The Morgan fingerprint density at radius 2 is 1.27 bits per heavy atom. The fraction of sp³-hybridized carbons (Fsp3) is 0.435. The zero-order valence-electron chi connectivity index (χ0n) is 19.4. The molecule has 0 atom stereocenters. The summed E-state index contributed by atoms with van der Waals surface area (Å²) in [6, 6.07) is 10.9. The van der Waals surface area contributed by atoms with Crippen molar-refractivity contribution in [3.8, 4) is 28.7 Å². The van der Waals surface area contributed by atoms with E-state index in [2.05, 4.69) is 9.80 Å². The van der Waals surface area contributed by atoms with Crippen molar-refractivity contribution < 1.29 is 28.5 Å². The van der Waals surface area contributed by atoms with Gasteiger partial charge in [-0.25, -0.2) is 0 Å². The minimum atomic E-state index is -0.261. The van der Waals surface area contributed by atoms with Gasteiger partial charge in [-0.05, 0) is 42.0 Å². The lowest BCUT2D eigenvalue weighted by atomic mass is 10.1. The van der Waals surface area contributed by atoms with Crippen LogP contribution in [0, 0.1) is 0 Å². The molecule has 0 aromatic heterocycles. The number of ether oxygens (including phenoxy) is 5. The first-order valence-electron chi connectivity index (χ1n) is 10.1. The smallest absolute Gasteiger partial charge is 0.325 e. The van der Waals surface area contributed by atoms with Crippen molar-refractivity contribution in [3.05, 3.63) is 42.0 Å². The number of halogens is 2. The molecule has 8 nitrogen and oxygen atoms in total. The molecule has 2 aromatic rings. The fourth-order valence-corrected chi connectivity index (χ4v) is 3.58. The predicted octanol–water partition coefficient (Wildman–Crippen LogP) is 3.29. The number of piperazine rings is 1. The van der Waals surface area contributed by atoms with Crippen LogP contribution in [0.5, 0.6) is 28.7 Å². The second kappa shape index (κ2) is 14.0. The summed E-state index contributed by atoms with van der Waals surface area (Å²) in [5.74, 6) is 2.88. The summed E-state index contributed by atoms with van der Waals surface area (Å²) in [7, 11) is 6.43. The van der Waals surface area contributed by atoms with E-state index in [1.165, 1.54) is 0 Å². The lowest BCUT2D eigenvalue weighted by Crippen LogP contribution is -2.48. The SMILES string of the molecule is COc1ccc(OC(=O)CN2CCN(Cc3cc(OC)c(OC)c(OC)c3)CC2)cc1.Cl.Cl. The van der Waals surface area contributed by atoms with E-state index in [4.69, 9.17) is 23.7 Å². The number of nitrogens with zero attached hydrogens (tertiary/aromatic N) is 2. The lowest BCUT2D eigenvalue weighted by Gasteiger charge is -2.34. The number of hydrogen-bond acceptors (Lipinski definition) is 8. The average molecular weight is 503 g/mol. The monoisotopic (exact) mass is 502 g/mol. The molecule has 33 heavy (non-hydrogen) atoms. The molecule has 184 valence electrons. The van der Waals surface area contributed by atoms with Crippen molar-refractivity contribution in [1.82, 2.24) is 9.80 Å². The van der Waals surface area contributed by atoms with Gasteiger partial charge in [0.1, 0.15) is 11.5 Å². The molecule has 0 radical (unpaired) electrons. The Hall–Kier alpha value is -2.39. The summed E-state index contributed by atoms with van der Waals surface area (Å²) < 4.78 is 26.8. The number of esters is 1. The van der Waals surface area contributed by atoms with Gasteiger partial charge in [0.05, 0.1) is 35.0 Å². The van der Waals surface area contributed by atoms with Gasteiger partial charge in [0.2, 0.25) is 5.75 Å². The van der Waals surface area contributed by atoms with Crippen LogP contribution in [-0.4, -0.2) is 76.9 Å². The lowest BCUT2D eigenvalue weighted by molar-refractivity contribution is -0.136. The van der Waals surface area contributed by atoms with E-state index in [1.807, 2.05) is 12.1 Å². The van der Waals surface area contributed by atoms with Gasteiger partial charge in [-0.15, -0.1) is 24.8 Å². The van der Waals surface area contributed by atoms with Crippen LogP contribution in [0.15, 0.2) is 36.4 Å². The Kier molecular flexibility index (Phi) is 12.2. The van der Waals surface area contributed by atoms with Crippen molar-refractivity contribution in [2.45, 2.75) is 6.54 Å². The summed E-state index contributed by atoms with van der Waals surface area (Å²) in [5.41, 5.74) is 1.09. The van der Waals surface area contributed by atoms with Gasteiger partial charge in [0.15, 0.2) is 11.5 Å². The van der Waals surface area contributed by atoms with Crippen molar-refractivity contribution in [3.63, 3.8) is 0 Å². The van der Waals surface area contributed by atoms with Crippen LogP contribution in [0.25, 0.3) is 0 Å². The highest BCUT2D eigenvalue weighted by Crippen LogP contribution is 2.38. The van der Waals surface area contributed by atoms with Crippen LogP contribution in [0.4, 0.5) is 0 Å². The van der Waals surface area contributed by atoms with Gasteiger partial charge < -0.3 is 23.7 Å². The number of hydrogen-bond donors (Lipinski definition) is 0. The summed E-state index contributed by atoms with van der Waals surface area (Å²) >= 11 is 0. The maximum absolute atomic E-state index is 12.3. The second-order valence-corrected chi connectivity index (χ2v) is 7.24. The van der Waals surface area contributed by atoms with E-state index in [-0.39, 0.29) is 37.3 Å². The van der Waals surface area contributed by atoms with Crippen LogP contribution < -0.4 is 23.7 Å². The molecule has 1 aliphatic heterocycles. The number of methoxy groups -OCH3 is 4. The number of carbonyl (C=O) groups is 1. The normalized spacial score (nSPS) is 13.8. The van der Waals surface area contributed by atoms with Gasteiger partial charge in [0.25, 0.3) is 0 Å². The topological polar surface area (TPSA) is 69.7 Å². The summed E-state index contributed by atoms with van der Waals surface area (Å²) in [4.78, 5) is 16.7. The minimum Gasteiger partial charge on any atom is -0.497 e. The molecule has 0 spiro atoms. The highest BCUT2D eigenvalue weighted by atomic mass is 35.5. The van der Waals surface area contributed by atoms with Gasteiger partial charge >= 0.3 is 5.97 Å². The quantitative estimate of drug-likeness (QED) is 0.382. The van der Waals surface area contributed by atoms with Crippen LogP contribution >= 0.6 is 24.8 Å². The molecule has 0 unspecified atom stereocenters. The molecule has 3 rings (SSSR count). The Bertz CT molecular complexity index is 849. The molecule has 1 heterocycles. The molecule has 0 bridgehead atoms. The Labute approximate surface area is 207 Å². The van der Waals surface area contributed by atoms with E-state index >= 15 is 0 Å². The second-order valence-electron chi connectivity index (χ2n) is 7.24. The average Bonchev–Trinajstić information content (AvgIpc) is 2.80. The highest BCUT2D eigenvalue weighted by Gasteiger charge is 2.21. The van der Waals surface area contributed by atoms with Crippen molar-refractivity contribution in [1.29, 1.82) is 0 Å². The van der Waals surface area contributed by atoms with E-state index in [9.17, 15) is 4.79 Å². The summed E-state index contributed by atoms with van der Waals surface area (Å²) in [6.45, 7) is 4.33. The zero-order valence-corrected chi connectivity index (χ0v) is 21.0. The molecular weight excluding hydrogens is 471 g/mol. The van der Waals surface area contributed by atoms with Gasteiger partial charge in [0, 0.05) is 32.7 Å². The molecule has 0 amide bonds. The molecule has 0 saturated carbocycles. The van der Waals surface area contributed by atoms with Gasteiger partial charge in [-0.1, -0.05) is 0 Å². The molecule has 10 heteroatoms. The third-order valence-corrected chi connectivity index (χ3v) is 5.24. The van der Waals surface area contributed by atoms with Crippen LogP contribution in [0.1, 0.15) is 5.56 Å². The zero-order chi connectivity index (χ0) is 22.2.